The number of nitrogens with two attached hydrogens (primary N) is 1. The molecule has 3 rings (SSSR count). The van der Waals surface area contributed by atoms with Crippen LogP contribution in [0.1, 0.15) is 6.23 Å². The number of aliphatic hydroxyl groups is 2. The summed E-state index contributed by atoms with van der Waals surface area (Å²) in [6, 6.07) is 0. The van der Waals surface area contributed by atoms with Crippen molar-refractivity contribution in [2.45, 2.75) is 24.5 Å². The number of aliphatic hydroxyl groups excluding tert-OH is 2. The third kappa shape index (κ3) is 8.21. The first kappa shape index (κ1) is 33.5. The van der Waals surface area contributed by atoms with Gasteiger partial charge in [0.25, 0.3) is 19.3 Å². The first-order valence-corrected chi connectivity index (χ1v) is 13.0. The molecule has 1 aliphatic rings. The van der Waals surface area contributed by atoms with Crippen molar-refractivity contribution in [1.82, 2.24) is 14.5 Å². The van der Waals surface area contributed by atoms with Crippen molar-refractivity contribution in [3.63, 3.8) is 0 Å². The molecular weight excluding hydrogens is 565 g/mol. The van der Waals surface area contributed by atoms with Crippen molar-refractivity contribution in [3.05, 3.63) is 16.7 Å². The quantitative estimate of drug-likeness (QED) is 0.0878. The minimum absolute atomic E-state index is 0. The van der Waals surface area contributed by atoms with E-state index in [0.717, 1.165) is 4.57 Å². The van der Waals surface area contributed by atoms with Gasteiger partial charge in [0.2, 0.25) is 11.7 Å². The number of hydrogen-bond donors (Lipinski definition) is 7. The second-order valence-electron chi connectivity index (χ2n) is 6.67. The Kier molecular flexibility index (Phi) is 11.6. The molecule has 8 N–H and O–H groups in total. The average molecular weight is 583 g/mol. The van der Waals surface area contributed by atoms with Crippen LogP contribution in [0.3, 0.4) is 0 Å². The molecule has 0 amide bonds. The molecule has 2 unspecified atom stereocenters. The maximum Gasteiger partial charge on any atom is 0.487 e. The minimum atomic E-state index is -5.79. The average Bonchev–Trinajstić information content (AvgIpc) is 3.07. The summed E-state index contributed by atoms with van der Waals surface area (Å²) in [4.78, 5) is 56.2. The summed E-state index contributed by atoms with van der Waals surface area (Å²) in [5.74, 6) is -0.254. The number of nitrogens with zero attached hydrogens (tertiary/aromatic N) is 3. The number of phosphoric ester groups is 1. The number of aromatic nitrogens is 4. The number of aromatic amines is 1. The van der Waals surface area contributed by atoms with Gasteiger partial charge in [-0.15, -0.1) is 0 Å². The van der Waals surface area contributed by atoms with Crippen LogP contribution >= 0.6 is 23.5 Å². The van der Waals surface area contributed by atoms with Gasteiger partial charge in [-0.1, -0.05) is 4.98 Å². The number of H-pyrrole nitrogens is 1. The van der Waals surface area contributed by atoms with Gasteiger partial charge >= 0.3 is 21.3 Å². The topological polar surface area (TPSA) is 293 Å². The Balaban J connectivity index is 0.00000306. The molecular formula is C11H18N5Na2O14P3. The fraction of sp³-hybridized carbons (Fsp3) is 0.545. The fourth-order valence-corrected chi connectivity index (χ4v) is 6.01. The van der Waals surface area contributed by atoms with E-state index in [2.05, 4.69) is 23.1 Å². The van der Waals surface area contributed by atoms with Crippen molar-refractivity contribution in [3.8, 4) is 0 Å². The fourth-order valence-electron chi connectivity index (χ4n) is 3.02. The van der Waals surface area contributed by atoms with Crippen molar-refractivity contribution in [1.29, 1.82) is 0 Å². The molecule has 3 heterocycles. The Bertz CT molecular complexity index is 1270. The third-order valence-corrected chi connectivity index (χ3v) is 7.98. The van der Waals surface area contributed by atoms with Crippen LogP contribution < -0.4 is 20.8 Å². The van der Waals surface area contributed by atoms with Crippen molar-refractivity contribution < 1.29 is 65.9 Å². The summed E-state index contributed by atoms with van der Waals surface area (Å²) >= 11 is 0. The normalized spacial score (nSPS) is 25.9. The first-order chi connectivity index (χ1) is 15.0. The predicted octanol–water partition coefficient (Wildman–Crippen LogP) is -4.30. The standard InChI is InChI=1S/C11H18N5O14P3.2Na/c1-15-3-16(8-5(15)9(19)14-11(12)13-8)10-7(18)6(17)4(28-10)2-27-32(23,24)30-33(25,26)29-31(20,21)22;;/h3-4,6-7,10,17-18H,2H2,1H3,(H6-,12,13,14,19,20,21,22,23,24,25,26);;/t4-,6-,7-,10-;;/m1../s1. The number of rotatable bonds is 8. The predicted molar refractivity (Wildman–Crippen MR) is 111 cm³/mol. The third-order valence-electron chi connectivity index (χ3n) is 4.21. The summed E-state index contributed by atoms with van der Waals surface area (Å²) in [6.07, 6.45) is -5.12. The van der Waals surface area contributed by atoms with Gasteiger partial charge in [0, 0.05) is 59.1 Å². The summed E-state index contributed by atoms with van der Waals surface area (Å²) in [5.41, 5.74) is 4.92. The molecule has 2 aromatic rings. The maximum atomic E-state index is 12.1. The van der Waals surface area contributed by atoms with Crippen LogP contribution in [0.5, 0.6) is 0 Å². The SMILES string of the molecule is Cn1c[n+]([C@@H]2O[C@H](COP(=O)([O-])OP(=O)(O)OP(=O)(O)O)[C@@H](O)[C@H]2O)c2nc(N)[nH]c(=O)c21.[Na].[Na]. The molecule has 1 fully saturated rings. The van der Waals surface area contributed by atoms with Crippen molar-refractivity contribution in [2.24, 2.45) is 7.05 Å². The maximum absolute atomic E-state index is 12.1. The Morgan fingerprint density at radius 1 is 1.23 bits per heavy atom. The molecule has 188 valence electrons. The molecule has 2 aromatic heterocycles. The zero-order valence-corrected chi connectivity index (χ0v) is 24.9. The van der Waals surface area contributed by atoms with Gasteiger partial charge in [-0.2, -0.15) is 4.31 Å². The number of nitrogens with one attached hydrogen (secondary N) is 1. The Morgan fingerprint density at radius 3 is 2.40 bits per heavy atom. The van der Waals surface area contributed by atoms with Crippen LogP contribution in [0, 0.1) is 0 Å². The zero-order chi connectivity index (χ0) is 24.9. The van der Waals surface area contributed by atoms with Crippen LogP contribution in [0.25, 0.3) is 11.2 Å². The molecule has 0 aromatic carbocycles. The van der Waals surface area contributed by atoms with E-state index in [1.54, 1.807) is 0 Å². The van der Waals surface area contributed by atoms with E-state index in [1.807, 2.05) is 0 Å². The minimum Gasteiger partial charge on any atom is -0.756 e. The van der Waals surface area contributed by atoms with E-state index in [-0.39, 0.29) is 76.2 Å². The molecule has 0 aliphatic carbocycles. The summed E-state index contributed by atoms with van der Waals surface area (Å²) in [6.45, 7) is -1.06. The summed E-state index contributed by atoms with van der Waals surface area (Å²) in [7, 11) is -15.6. The molecule has 0 spiro atoms. The monoisotopic (exact) mass is 583 g/mol. The van der Waals surface area contributed by atoms with Crippen LogP contribution in [0.2, 0.25) is 0 Å². The number of fused-ring (bicyclic) bond motifs is 1. The van der Waals surface area contributed by atoms with E-state index in [1.165, 1.54) is 17.9 Å². The number of aryl methyl sites for hydroxylation is 1. The van der Waals surface area contributed by atoms with Crippen molar-refractivity contribution >= 4 is 99.7 Å². The smallest absolute Gasteiger partial charge is 0.487 e. The summed E-state index contributed by atoms with van der Waals surface area (Å²) < 4.78 is 52.9. The van der Waals surface area contributed by atoms with Gasteiger partial charge in [-0.05, 0) is 0 Å². The molecule has 19 nitrogen and oxygen atoms in total. The van der Waals surface area contributed by atoms with Crippen LogP contribution in [-0.2, 0) is 38.6 Å². The molecule has 1 saturated heterocycles. The Labute approximate surface area is 239 Å². The number of imidazole rings is 1. The molecule has 0 bridgehead atoms. The largest absolute Gasteiger partial charge is 0.756 e. The number of ether oxygens (including phenoxy) is 1. The van der Waals surface area contributed by atoms with E-state index in [4.69, 9.17) is 25.2 Å². The Morgan fingerprint density at radius 2 is 1.83 bits per heavy atom. The van der Waals surface area contributed by atoms with Crippen LogP contribution in [-0.4, -0.2) is 123 Å². The van der Waals surface area contributed by atoms with E-state index >= 15 is 0 Å². The molecule has 35 heavy (non-hydrogen) atoms. The van der Waals surface area contributed by atoms with Crippen LogP contribution in [0.15, 0.2) is 11.1 Å². The van der Waals surface area contributed by atoms with Gasteiger partial charge < -0.3 is 44.8 Å². The summed E-state index contributed by atoms with van der Waals surface area (Å²) in [5, 5.41) is 20.6. The van der Waals surface area contributed by atoms with Gasteiger partial charge in [-0.3, -0.25) is 18.9 Å². The van der Waals surface area contributed by atoms with Gasteiger partial charge in [0.05, 0.1) is 13.7 Å². The number of nitrogen functional groups attached to an aromatic ring is 1. The Hall–Kier alpha value is 0.440. The molecule has 24 heteroatoms. The zero-order valence-electron chi connectivity index (χ0n) is 18.3. The van der Waals surface area contributed by atoms with Crippen LogP contribution in [0.4, 0.5) is 5.95 Å². The molecule has 0 saturated carbocycles. The van der Waals surface area contributed by atoms with Gasteiger partial charge in [0.15, 0.2) is 6.33 Å². The van der Waals surface area contributed by atoms with E-state index < -0.39 is 60.2 Å². The van der Waals surface area contributed by atoms with Gasteiger partial charge in [0.1, 0.15) is 18.3 Å². The number of phosphoric acid groups is 3. The number of anilines is 1. The van der Waals surface area contributed by atoms with E-state index in [9.17, 15) is 33.6 Å². The molecule has 6 atom stereocenters. The molecule has 1 aliphatic heterocycles. The second kappa shape index (κ2) is 12.1. The van der Waals surface area contributed by atoms with E-state index in [0.29, 0.717) is 0 Å². The number of hydrogen-bond acceptors (Lipinski definition) is 13. The van der Waals surface area contributed by atoms with Crippen molar-refractivity contribution in [2.75, 3.05) is 12.3 Å². The van der Waals surface area contributed by atoms with Gasteiger partial charge in [-0.25, -0.2) is 18.0 Å². The first-order valence-electron chi connectivity index (χ1n) is 8.54. The molecule has 2 radical (unpaired) electrons. The second-order valence-corrected chi connectivity index (χ2v) is 11.0.